The van der Waals surface area contributed by atoms with Gasteiger partial charge in [0.25, 0.3) is 0 Å². The summed E-state index contributed by atoms with van der Waals surface area (Å²) in [4.78, 5) is 0. The number of hydrogen-bond acceptors (Lipinski definition) is 0. The van der Waals surface area contributed by atoms with Crippen LogP contribution in [0.1, 0.15) is 36.0 Å². The van der Waals surface area contributed by atoms with Crippen LogP contribution in [-0.4, -0.2) is 0 Å². The van der Waals surface area contributed by atoms with E-state index in [4.69, 9.17) is 6.42 Å². The first-order valence-corrected chi connectivity index (χ1v) is 4.68. The van der Waals surface area contributed by atoms with Gasteiger partial charge in [0, 0.05) is 5.92 Å². The Morgan fingerprint density at radius 1 is 1.38 bits per heavy atom. The Hall–Kier alpha value is -1.22. The molecule has 0 fully saturated rings. The number of hydrogen-bond donors (Lipinski definition) is 0. The largest absolute Gasteiger partial charge is 0.0809 e. The average molecular weight is 171 g/mol. The molecule has 0 aliphatic heterocycles. The standard InChI is InChI=1S/C13H15/c1-5-12(6-2)13-8-7-10(3)9-11(13)4/h7-9,12H,5H2,1,3-4H3. The average Bonchev–Trinajstić information content (AvgIpc) is 2.10. The molecular formula is C13H15. The highest BCUT2D eigenvalue weighted by molar-refractivity contribution is 5.36. The summed E-state index contributed by atoms with van der Waals surface area (Å²) in [5.74, 6) is 2.75. The molecule has 0 heterocycles. The van der Waals surface area contributed by atoms with Crippen molar-refractivity contribution < 1.29 is 0 Å². The zero-order valence-electron chi connectivity index (χ0n) is 8.52. The zero-order valence-corrected chi connectivity index (χ0v) is 8.52. The van der Waals surface area contributed by atoms with Crippen LogP contribution in [0, 0.1) is 26.2 Å². The van der Waals surface area contributed by atoms with Gasteiger partial charge in [0.1, 0.15) is 0 Å². The second-order valence-corrected chi connectivity index (χ2v) is 3.47. The van der Waals surface area contributed by atoms with Gasteiger partial charge in [0.2, 0.25) is 0 Å². The van der Waals surface area contributed by atoms with E-state index in [0.29, 0.717) is 0 Å². The normalized spacial score (nSPS) is 12.2. The minimum Gasteiger partial charge on any atom is -0.0809 e. The lowest BCUT2D eigenvalue weighted by molar-refractivity contribution is 0.822. The van der Waals surface area contributed by atoms with E-state index in [9.17, 15) is 0 Å². The first-order chi connectivity index (χ1) is 6.19. The van der Waals surface area contributed by atoms with Gasteiger partial charge in [-0.2, -0.15) is 0 Å². The number of aryl methyl sites for hydroxylation is 2. The fourth-order valence-corrected chi connectivity index (χ4v) is 1.62. The molecule has 0 aliphatic carbocycles. The molecule has 13 heavy (non-hydrogen) atoms. The molecule has 0 bridgehead atoms. The summed E-state index contributed by atoms with van der Waals surface area (Å²) >= 11 is 0. The van der Waals surface area contributed by atoms with E-state index in [2.05, 4.69) is 44.9 Å². The van der Waals surface area contributed by atoms with Gasteiger partial charge in [-0.1, -0.05) is 36.6 Å². The van der Waals surface area contributed by atoms with Crippen molar-refractivity contribution in [2.24, 2.45) is 0 Å². The van der Waals surface area contributed by atoms with Gasteiger partial charge in [0.15, 0.2) is 0 Å². The van der Waals surface area contributed by atoms with E-state index in [0.717, 1.165) is 6.42 Å². The molecule has 1 unspecified atom stereocenters. The maximum atomic E-state index is 7.20. The Balaban J connectivity index is 3.09. The van der Waals surface area contributed by atoms with Crippen LogP contribution < -0.4 is 0 Å². The Bertz CT molecular complexity index is 328. The molecule has 67 valence electrons. The Morgan fingerprint density at radius 2 is 2.08 bits per heavy atom. The molecule has 1 aromatic rings. The first-order valence-electron chi connectivity index (χ1n) is 4.68. The van der Waals surface area contributed by atoms with Crippen molar-refractivity contribution in [3.63, 3.8) is 0 Å². The van der Waals surface area contributed by atoms with Gasteiger partial charge in [0.05, 0.1) is 0 Å². The van der Waals surface area contributed by atoms with Gasteiger partial charge in [-0.3, -0.25) is 0 Å². The van der Waals surface area contributed by atoms with Crippen molar-refractivity contribution in [3.05, 3.63) is 41.3 Å². The van der Waals surface area contributed by atoms with E-state index in [1.807, 2.05) is 0 Å². The predicted octanol–water partition coefficient (Wildman–Crippen LogP) is 3.39. The Kier molecular flexibility index (Phi) is 3.14. The van der Waals surface area contributed by atoms with Gasteiger partial charge < -0.3 is 0 Å². The van der Waals surface area contributed by atoms with E-state index < -0.39 is 0 Å². The zero-order chi connectivity index (χ0) is 9.84. The topological polar surface area (TPSA) is 0 Å². The minimum absolute atomic E-state index is 0.167. The molecule has 1 rings (SSSR count). The first kappa shape index (κ1) is 9.86. The van der Waals surface area contributed by atoms with E-state index in [-0.39, 0.29) is 5.92 Å². The monoisotopic (exact) mass is 171 g/mol. The van der Waals surface area contributed by atoms with E-state index in [1.54, 1.807) is 0 Å². The smallest absolute Gasteiger partial charge is 0.0462 e. The van der Waals surface area contributed by atoms with Crippen LogP contribution in [0.3, 0.4) is 0 Å². The molecule has 0 aliphatic rings. The molecular weight excluding hydrogens is 156 g/mol. The SMILES string of the molecule is [C]#CC(CC)c1ccc(C)cc1C. The summed E-state index contributed by atoms with van der Waals surface area (Å²) in [6.07, 6.45) is 8.15. The predicted molar refractivity (Wildman–Crippen MR) is 56.1 cm³/mol. The second-order valence-electron chi connectivity index (χ2n) is 3.47. The molecule has 0 spiro atoms. The fraction of sp³-hybridized carbons (Fsp3) is 0.385. The second kappa shape index (κ2) is 4.14. The molecule has 1 radical (unpaired) electrons. The van der Waals surface area contributed by atoms with Crippen molar-refractivity contribution in [3.8, 4) is 5.92 Å². The summed E-state index contributed by atoms with van der Waals surface area (Å²) in [5, 5.41) is 0. The lowest BCUT2D eigenvalue weighted by Gasteiger charge is -2.11. The van der Waals surface area contributed by atoms with Crippen LogP contribution in [0.4, 0.5) is 0 Å². The number of benzene rings is 1. The summed E-state index contributed by atoms with van der Waals surface area (Å²) in [5.41, 5.74) is 3.79. The summed E-state index contributed by atoms with van der Waals surface area (Å²) in [6.45, 7) is 6.28. The molecule has 0 amide bonds. The highest BCUT2D eigenvalue weighted by atomic mass is 14.1. The maximum Gasteiger partial charge on any atom is 0.0462 e. The molecule has 0 nitrogen and oxygen atoms in total. The molecule has 0 aromatic heterocycles. The van der Waals surface area contributed by atoms with E-state index >= 15 is 0 Å². The lowest BCUT2D eigenvalue weighted by atomic mass is 9.92. The number of rotatable bonds is 2. The van der Waals surface area contributed by atoms with Crippen molar-refractivity contribution in [1.29, 1.82) is 0 Å². The summed E-state index contributed by atoms with van der Waals surface area (Å²) in [7, 11) is 0. The summed E-state index contributed by atoms with van der Waals surface area (Å²) < 4.78 is 0. The lowest BCUT2D eigenvalue weighted by Crippen LogP contribution is -1.96. The van der Waals surface area contributed by atoms with Gasteiger partial charge in [-0.05, 0) is 37.8 Å². The Morgan fingerprint density at radius 3 is 2.54 bits per heavy atom. The third-order valence-corrected chi connectivity index (χ3v) is 2.38. The quantitative estimate of drug-likeness (QED) is 0.598. The van der Waals surface area contributed by atoms with Crippen molar-refractivity contribution in [2.45, 2.75) is 33.1 Å². The van der Waals surface area contributed by atoms with Crippen LogP contribution in [0.15, 0.2) is 18.2 Å². The van der Waals surface area contributed by atoms with Gasteiger partial charge in [-0.25, -0.2) is 0 Å². The maximum absolute atomic E-state index is 7.20. The highest BCUT2D eigenvalue weighted by Crippen LogP contribution is 2.22. The van der Waals surface area contributed by atoms with Crippen LogP contribution in [0.25, 0.3) is 0 Å². The minimum atomic E-state index is 0.167. The molecule has 0 saturated heterocycles. The highest BCUT2D eigenvalue weighted by Gasteiger charge is 2.07. The molecule has 0 saturated carbocycles. The molecule has 0 heteroatoms. The van der Waals surface area contributed by atoms with Crippen LogP contribution in [0.5, 0.6) is 0 Å². The van der Waals surface area contributed by atoms with Crippen LogP contribution in [-0.2, 0) is 0 Å². The van der Waals surface area contributed by atoms with Crippen LogP contribution >= 0.6 is 0 Å². The molecule has 1 atom stereocenters. The van der Waals surface area contributed by atoms with Crippen molar-refractivity contribution >= 4 is 0 Å². The third kappa shape index (κ3) is 2.12. The van der Waals surface area contributed by atoms with Crippen molar-refractivity contribution in [1.82, 2.24) is 0 Å². The molecule has 1 aromatic carbocycles. The molecule has 0 N–H and O–H groups in total. The van der Waals surface area contributed by atoms with Gasteiger partial charge in [-0.15, -0.1) is 0 Å². The van der Waals surface area contributed by atoms with Gasteiger partial charge >= 0.3 is 0 Å². The van der Waals surface area contributed by atoms with Crippen molar-refractivity contribution in [2.75, 3.05) is 0 Å². The fourth-order valence-electron chi connectivity index (χ4n) is 1.62. The van der Waals surface area contributed by atoms with E-state index in [1.165, 1.54) is 16.7 Å². The third-order valence-electron chi connectivity index (χ3n) is 2.38. The van der Waals surface area contributed by atoms with Crippen LogP contribution in [0.2, 0.25) is 0 Å². The Labute approximate surface area is 81.0 Å². The summed E-state index contributed by atoms with van der Waals surface area (Å²) in [6, 6.07) is 6.37.